The second kappa shape index (κ2) is 5.33. The highest BCUT2D eigenvalue weighted by atomic mass is 19.1. The summed E-state index contributed by atoms with van der Waals surface area (Å²) >= 11 is 0. The van der Waals surface area contributed by atoms with Crippen molar-refractivity contribution in [3.8, 4) is 5.75 Å². The van der Waals surface area contributed by atoms with Gasteiger partial charge in [0.05, 0.1) is 13.2 Å². The monoisotopic (exact) mass is 290 g/mol. The number of methoxy groups -OCH3 is 1. The van der Waals surface area contributed by atoms with Crippen LogP contribution in [0.5, 0.6) is 5.75 Å². The Bertz CT molecular complexity index is 658. The second-order valence-corrected chi connectivity index (χ2v) is 5.04. The number of hydrogen-bond donors (Lipinski definition) is 1. The summed E-state index contributed by atoms with van der Waals surface area (Å²) in [7, 11) is 1.60. The molecule has 0 spiro atoms. The van der Waals surface area contributed by atoms with E-state index < -0.39 is 11.6 Å². The van der Waals surface area contributed by atoms with Crippen molar-refractivity contribution < 1.29 is 13.5 Å². The summed E-state index contributed by atoms with van der Waals surface area (Å²) in [6.45, 7) is 0.708. The molecule has 3 rings (SSSR count). The number of nitrogens with zero attached hydrogens (tertiary/aromatic N) is 1. The van der Waals surface area contributed by atoms with Gasteiger partial charge in [0.15, 0.2) is 0 Å². The first-order chi connectivity index (χ1) is 10.1. The van der Waals surface area contributed by atoms with Crippen molar-refractivity contribution >= 4 is 5.69 Å². The molecule has 0 saturated carbocycles. The van der Waals surface area contributed by atoms with E-state index in [1.54, 1.807) is 7.11 Å². The van der Waals surface area contributed by atoms with Crippen molar-refractivity contribution in [2.45, 2.75) is 12.6 Å². The van der Waals surface area contributed by atoms with Gasteiger partial charge in [-0.3, -0.25) is 0 Å². The maximum Gasteiger partial charge on any atom is 0.131 e. The number of benzene rings is 2. The van der Waals surface area contributed by atoms with Crippen LogP contribution in [0.2, 0.25) is 0 Å². The van der Waals surface area contributed by atoms with Crippen molar-refractivity contribution in [3.63, 3.8) is 0 Å². The number of ether oxygens (including phenoxy) is 1. The van der Waals surface area contributed by atoms with E-state index in [0.29, 0.717) is 17.7 Å². The third kappa shape index (κ3) is 2.34. The van der Waals surface area contributed by atoms with Crippen LogP contribution in [0.25, 0.3) is 0 Å². The highest BCUT2D eigenvalue weighted by Crippen LogP contribution is 2.39. The molecule has 1 heterocycles. The molecule has 3 nitrogen and oxygen atoms in total. The Morgan fingerprint density at radius 2 is 1.95 bits per heavy atom. The molecule has 2 aromatic carbocycles. The zero-order chi connectivity index (χ0) is 15.0. The second-order valence-electron chi connectivity index (χ2n) is 5.04. The van der Waals surface area contributed by atoms with Crippen LogP contribution in [0.1, 0.15) is 17.2 Å². The van der Waals surface area contributed by atoms with Crippen molar-refractivity contribution in [1.29, 1.82) is 0 Å². The summed E-state index contributed by atoms with van der Waals surface area (Å²) in [6, 6.07) is 9.47. The summed E-state index contributed by atoms with van der Waals surface area (Å²) in [5.74, 6) is -0.341. The van der Waals surface area contributed by atoms with Crippen LogP contribution >= 0.6 is 0 Å². The molecule has 1 unspecified atom stereocenters. The van der Waals surface area contributed by atoms with Gasteiger partial charge >= 0.3 is 0 Å². The standard InChI is InChI=1S/C16H16F2N2O/c1-21-13-4-2-12(3-5-13)20-9-10-6-11(17)7-14(18)16(10)15(20)8-19/h2-7,15H,8-9,19H2,1H3. The van der Waals surface area contributed by atoms with E-state index in [1.165, 1.54) is 6.07 Å². The minimum Gasteiger partial charge on any atom is -0.497 e. The molecule has 0 aromatic heterocycles. The number of fused-ring (bicyclic) bond motifs is 1. The lowest BCUT2D eigenvalue weighted by molar-refractivity contribution is 0.415. The molecule has 0 saturated heterocycles. The Labute approximate surface area is 121 Å². The first kappa shape index (κ1) is 13.8. The Morgan fingerprint density at radius 1 is 1.24 bits per heavy atom. The summed E-state index contributed by atoms with van der Waals surface area (Å²) in [5.41, 5.74) is 7.86. The van der Waals surface area contributed by atoms with E-state index >= 15 is 0 Å². The van der Waals surface area contributed by atoms with Gasteiger partial charge in [0.25, 0.3) is 0 Å². The van der Waals surface area contributed by atoms with Crippen LogP contribution in [0.3, 0.4) is 0 Å². The number of hydrogen-bond acceptors (Lipinski definition) is 3. The van der Waals surface area contributed by atoms with Gasteiger partial charge in [0.2, 0.25) is 0 Å². The Balaban J connectivity index is 1.99. The zero-order valence-corrected chi connectivity index (χ0v) is 11.6. The fraction of sp³-hybridized carbons (Fsp3) is 0.250. The quantitative estimate of drug-likeness (QED) is 0.944. The lowest BCUT2D eigenvalue weighted by Gasteiger charge is -2.26. The van der Waals surface area contributed by atoms with Crippen molar-refractivity contribution in [1.82, 2.24) is 0 Å². The Kier molecular flexibility index (Phi) is 3.51. The first-order valence-corrected chi connectivity index (χ1v) is 6.72. The van der Waals surface area contributed by atoms with E-state index in [-0.39, 0.29) is 12.6 Å². The molecule has 5 heteroatoms. The van der Waals surface area contributed by atoms with E-state index in [2.05, 4.69) is 0 Å². The zero-order valence-electron chi connectivity index (χ0n) is 11.6. The van der Waals surface area contributed by atoms with E-state index in [4.69, 9.17) is 10.5 Å². The fourth-order valence-electron chi connectivity index (χ4n) is 2.88. The molecule has 0 fully saturated rings. The number of nitrogens with two attached hydrogens (primary N) is 1. The van der Waals surface area contributed by atoms with Gasteiger partial charge in [-0.05, 0) is 35.9 Å². The number of halogens is 2. The molecular weight excluding hydrogens is 274 g/mol. The lowest BCUT2D eigenvalue weighted by Crippen LogP contribution is -2.28. The summed E-state index contributed by atoms with van der Waals surface area (Å²) in [4.78, 5) is 1.98. The highest BCUT2D eigenvalue weighted by molar-refractivity contribution is 5.56. The first-order valence-electron chi connectivity index (χ1n) is 6.72. The predicted molar refractivity (Wildman–Crippen MR) is 77.3 cm³/mol. The van der Waals surface area contributed by atoms with Crippen LogP contribution in [-0.2, 0) is 6.54 Å². The minimum atomic E-state index is -0.557. The molecule has 0 amide bonds. The average Bonchev–Trinajstić information content (AvgIpc) is 2.85. The van der Waals surface area contributed by atoms with Crippen molar-refractivity contribution in [3.05, 3.63) is 59.2 Å². The SMILES string of the molecule is COc1ccc(N2Cc3cc(F)cc(F)c3C2CN)cc1. The third-order valence-corrected chi connectivity index (χ3v) is 3.86. The highest BCUT2D eigenvalue weighted by Gasteiger charge is 2.32. The molecule has 1 atom stereocenters. The van der Waals surface area contributed by atoms with E-state index in [0.717, 1.165) is 17.5 Å². The molecule has 0 bridgehead atoms. The summed E-state index contributed by atoms with van der Waals surface area (Å²) in [5, 5.41) is 0. The predicted octanol–water partition coefficient (Wildman–Crippen LogP) is 2.99. The number of rotatable bonds is 3. The third-order valence-electron chi connectivity index (χ3n) is 3.86. The fourth-order valence-corrected chi connectivity index (χ4v) is 2.88. The summed E-state index contributed by atoms with van der Waals surface area (Å²) < 4.78 is 32.6. The number of anilines is 1. The minimum absolute atomic E-state index is 0.265. The average molecular weight is 290 g/mol. The van der Waals surface area contributed by atoms with Gasteiger partial charge < -0.3 is 15.4 Å². The van der Waals surface area contributed by atoms with Gasteiger partial charge in [0.1, 0.15) is 17.4 Å². The largest absolute Gasteiger partial charge is 0.497 e. The molecular formula is C16H16F2N2O. The van der Waals surface area contributed by atoms with Crippen LogP contribution in [-0.4, -0.2) is 13.7 Å². The maximum atomic E-state index is 14.1. The van der Waals surface area contributed by atoms with Gasteiger partial charge in [-0.1, -0.05) is 0 Å². The van der Waals surface area contributed by atoms with Crippen LogP contribution in [0, 0.1) is 11.6 Å². The molecule has 2 aromatic rings. The van der Waals surface area contributed by atoms with Gasteiger partial charge in [-0.15, -0.1) is 0 Å². The molecule has 0 aliphatic carbocycles. The molecule has 2 N–H and O–H groups in total. The molecule has 21 heavy (non-hydrogen) atoms. The lowest BCUT2D eigenvalue weighted by atomic mass is 10.0. The smallest absolute Gasteiger partial charge is 0.131 e. The van der Waals surface area contributed by atoms with E-state index in [1.807, 2.05) is 29.2 Å². The van der Waals surface area contributed by atoms with Crippen LogP contribution in [0.15, 0.2) is 36.4 Å². The Hall–Kier alpha value is -2.14. The van der Waals surface area contributed by atoms with E-state index in [9.17, 15) is 8.78 Å². The van der Waals surface area contributed by atoms with Crippen molar-refractivity contribution in [2.24, 2.45) is 5.73 Å². The van der Waals surface area contributed by atoms with Crippen LogP contribution in [0.4, 0.5) is 14.5 Å². The summed E-state index contributed by atoms with van der Waals surface area (Å²) in [6.07, 6.45) is 0. The van der Waals surface area contributed by atoms with Crippen molar-refractivity contribution in [2.75, 3.05) is 18.6 Å². The Morgan fingerprint density at radius 3 is 2.57 bits per heavy atom. The van der Waals surface area contributed by atoms with Gasteiger partial charge in [0, 0.05) is 30.4 Å². The van der Waals surface area contributed by atoms with Crippen LogP contribution < -0.4 is 15.4 Å². The topological polar surface area (TPSA) is 38.5 Å². The molecule has 110 valence electrons. The molecule has 1 aliphatic heterocycles. The molecule has 0 radical (unpaired) electrons. The van der Waals surface area contributed by atoms with Gasteiger partial charge in [-0.2, -0.15) is 0 Å². The molecule has 1 aliphatic rings. The normalized spacial score (nSPS) is 17.0. The maximum absolute atomic E-state index is 14.1. The van der Waals surface area contributed by atoms with Gasteiger partial charge in [-0.25, -0.2) is 8.78 Å².